The molecule has 5 aromatic rings. The van der Waals surface area contributed by atoms with Crippen molar-refractivity contribution in [3.8, 4) is 11.1 Å². The molecule has 0 saturated carbocycles. The molecule has 0 fully saturated rings. The highest BCUT2D eigenvalue weighted by atomic mass is 15.1. The van der Waals surface area contributed by atoms with Crippen LogP contribution < -0.4 is 4.90 Å². The van der Waals surface area contributed by atoms with Crippen molar-refractivity contribution in [1.29, 1.82) is 0 Å². The number of nitrogens with zero attached hydrogens (tertiary/aromatic N) is 1. The van der Waals surface area contributed by atoms with E-state index in [1.54, 1.807) is 0 Å². The van der Waals surface area contributed by atoms with Crippen molar-refractivity contribution in [1.82, 2.24) is 0 Å². The molecule has 5 aromatic carbocycles. The molecule has 0 aromatic heterocycles. The Hall–Kier alpha value is -3.84. The second kappa shape index (κ2) is 8.26. The minimum absolute atomic E-state index is 0.813. The van der Waals surface area contributed by atoms with Gasteiger partial charge >= 0.3 is 0 Å². The van der Waals surface area contributed by atoms with Gasteiger partial charge in [-0.05, 0) is 46.3 Å². The van der Waals surface area contributed by atoms with Crippen molar-refractivity contribution in [2.45, 2.75) is 6.54 Å². The van der Waals surface area contributed by atoms with Crippen molar-refractivity contribution in [2.24, 2.45) is 0 Å². The van der Waals surface area contributed by atoms with Gasteiger partial charge in [0.15, 0.2) is 0 Å². The van der Waals surface area contributed by atoms with Gasteiger partial charge in [0.2, 0.25) is 0 Å². The van der Waals surface area contributed by atoms with Gasteiger partial charge in [-0.3, -0.25) is 0 Å². The smallest absolute Gasteiger partial charge is 0.0499 e. The predicted molar refractivity (Wildman–Crippen MR) is 128 cm³/mol. The topological polar surface area (TPSA) is 3.24 Å². The Morgan fingerprint density at radius 2 is 1.10 bits per heavy atom. The standard InChI is InChI=1S/C29H23N/c1-4-12-23(13-5-1)22-30(27-17-8-3-9-18-27)29-21-26(24-14-6-2-7-15-24)20-25-16-10-11-19-28(25)29/h1-21H,22H2. The molecule has 0 spiro atoms. The summed E-state index contributed by atoms with van der Waals surface area (Å²) in [5.41, 5.74) is 6.17. The normalized spacial score (nSPS) is 10.8. The van der Waals surface area contributed by atoms with E-state index in [1.165, 1.54) is 38.8 Å². The van der Waals surface area contributed by atoms with Gasteiger partial charge in [0.1, 0.15) is 0 Å². The molecule has 0 bridgehead atoms. The molecule has 1 heteroatoms. The molecule has 144 valence electrons. The molecule has 0 atom stereocenters. The molecule has 0 unspecified atom stereocenters. The van der Waals surface area contributed by atoms with E-state index < -0.39 is 0 Å². The van der Waals surface area contributed by atoms with Crippen molar-refractivity contribution in [3.05, 3.63) is 133 Å². The SMILES string of the molecule is c1ccc(CN(c2ccccc2)c2cc(-c3ccccc3)cc3ccccc23)cc1. The van der Waals surface area contributed by atoms with Gasteiger partial charge in [0.25, 0.3) is 0 Å². The summed E-state index contributed by atoms with van der Waals surface area (Å²) in [4.78, 5) is 2.42. The maximum atomic E-state index is 2.42. The summed E-state index contributed by atoms with van der Waals surface area (Å²) in [7, 11) is 0. The Kier molecular flexibility index (Phi) is 5.01. The maximum Gasteiger partial charge on any atom is 0.0499 e. The highest BCUT2D eigenvalue weighted by Gasteiger charge is 2.15. The Morgan fingerprint density at radius 3 is 1.83 bits per heavy atom. The third kappa shape index (κ3) is 3.70. The molecule has 1 nitrogen and oxygen atoms in total. The zero-order valence-electron chi connectivity index (χ0n) is 16.8. The van der Waals surface area contributed by atoms with Crippen LogP contribution in [0, 0.1) is 0 Å². The molecular formula is C29H23N. The van der Waals surface area contributed by atoms with Crippen molar-refractivity contribution in [3.63, 3.8) is 0 Å². The van der Waals surface area contributed by atoms with E-state index in [4.69, 9.17) is 0 Å². The van der Waals surface area contributed by atoms with Crippen LogP contribution >= 0.6 is 0 Å². The summed E-state index contributed by atoms with van der Waals surface area (Å²) < 4.78 is 0. The second-order valence-corrected chi connectivity index (χ2v) is 7.49. The molecule has 0 radical (unpaired) electrons. The zero-order chi connectivity index (χ0) is 20.2. The van der Waals surface area contributed by atoms with Crippen LogP contribution in [0.5, 0.6) is 0 Å². The van der Waals surface area contributed by atoms with Crippen LogP contribution in [-0.2, 0) is 6.54 Å². The second-order valence-electron chi connectivity index (χ2n) is 7.49. The molecule has 0 aliphatic rings. The molecule has 5 rings (SSSR count). The first-order valence-corrected chi connectivity index (χ1v) is 10.3. The summed E-state index contributed by atoms with van der Waals surface area (Å²) in [6, 6.07) is 45.2. The molecule has 0 saturated heterocycles. The van der Waals surface area contributed by atoms with Crippen LogP contribution in [0.25, 0.3) is 21.9 Å². The summed E-state index contributed by atoms with van der Waals surface area (Å²) >= 11 is 0. The summed E-state index contributed by atoms with van der Waals surface area (Å²) in [5, 5.41) is 2.51. The molecule has 0 aliphatic carbocycles. The summed E-state index contributed by atoms with van der Waals surface area (Å²) in [6.07, 6.45) is 0. The first kappa shape index (κ1) is 18.2. The van der Waals surface area contributed by atoms with Crippen LogP contribution in [0.4, 0.5) is 11.4 Å². The summed E-state index contributed by atoms with van der Waals surface area (Å²) in [6.45, 7) is 0.813. The van der Waals surface area contributed by atoms with E-state index in [0.29, 0.717) is 0 Å². The van der Waals surface area contributed by atoms with E-state index in [9.17, 15) is 0 Å². The lowest BCUT2D eigenvalue weighted by Crippen LogP contribution is -2.16. The van der Waals surface area contributed by atoms with E-state index >= 15 is 0 Å². The maximum absolute atomic E-state index is 2.42. The van der Waals surface area contributed by atoms with Crippen LogP contribution in [0.2, 0.25) is 0 Å². The van der Waals surface area contributed by atoms with Crippen LogP contribution in [0.3, 0.4) is 0 Å². The largest absolute Gasteiger partial charge is 0.336 e. The minimum Gasteiger partial charge on any atom is -0.336 e. The lowest BCUT2D eigenvalue weighted by molar-refractivity contribution is 0.981. The van der Waals surface area contributed by atoms with E-state index in [-0.39, 0.29) is 0 Å². The number of benzene rings is 5. The number of fused-ring (bicyclic) bond motifs is 1. The van der Waals surface area contributed by atoms with E-state index in [0.717, 1.165) is 6.54 Å². The third-order valence-corrected chi connectivity index (χ3v) is 5.49. The van der Waals surface area contributed by atoms with Crippen LogP contribution in [0.1, 0.15) is 5.56 Å². The van der Waals surface area contributed by atoms with Gasteiger partial charge in [-0.2, -0.15) is 0 Å². The Labute approximate surface area is 177 Å². The Balaban J connectivity index is 1.72. The summed E-state index contributed by atoms with van der Waals surface area (Å²) in [5.74, 6) is 0. The molecule has 0 heterocycles. The van der Waals surface area contributed by atoms with Crippen LogP contribution in [-0.4, -0.2) is 0 Å². The lowest BCUT2D eigenvalue weighted by Gasteiger charge is -2.27. The van der Waals surface area contributed by atoms with Gasteiger partial charge in [0.05, 0.1) is 0 Å². The van der Waals surface area contributed by atoms with Crippen molar-refractivity contribution >= 4 is 22.1 Å². The number of anilines is 2. The quantitative estimate of drug-likeness (QED) is 0.298. The monoisotopic (exact) mass is 385 g/mol. The lowest BCUT2D eigenvalue weighted by atomic mass is 9.98. The minimum atomic E-state index is 0.813. The van der Waals surface area contributed by atoms with E-state index in [1.807, 2.05) is 0 Å². The first-order valence-electron chi connectivity index (χ1n) is 10.3. The average molecular weight is 386 g/mol. The molecule has 30 heavy (non-hydrogen) atoms. The molecule has 0 aliphatic heterocycles. The number of para-hydroxylation sites is 1. The highest BCUT2D eigenvalue weighted by Crippen LogP contribution is 2.37. The van der Waals surface area contributed by atoms with Gasteiger partial charge in [-0.15, -0.1) is 0 Å². The van der Waals surface area contributed by atoms with Gasteiger partial charge in [-0.1, -0.05) is 103 Å². The average Bonchev–Trinajstić information content (AvgIpc) is 2.84. The predicted octanol–water partition coefficient (Wildman–Crippen LogP) is 7.85. The van der Waals surface area contributed by atoms with Crippen LogP contribution in [0.15, 0.2) is 127 Å². The number of hydrogen-bond donors (Lipinski definition) is 0. The number of rotatable bonds is 5. The molecule has 0 N–H and O–H groups in total. The number of hydrogen-bond acceptors (Lipinski definition) is 1. The fourth-order valence-electron chi connectivity index (χ4n) is 4.00. The van der Waals surface area contributed by atoms with Gasteiger partial charge < -0.3 is 4.90 Å². The zero-order valence-corrected chi connectivity index (χ0v) is 16.8. The molecular weight excluding hydrogens is 362 g/mol. The highest BCUT2D eigenvalue weighted by molar-refractivity contribution is 5.99. The van der Waals surface area contributed by atoms with E-state index in [2.05, 4.69) is 132 Å². The van der Waals surface area contributed by atoms with Crippen molar-refractivity contribution in [2.75, 3.05) is 4.90 Å². The Morgan fingerprint density at radius 1 is 0.500 bits per heavy atom. The van der Waals surface area contributed by atoms with Gasteiger partial charge in [0, 0.05) is 23.3 Å². The van der Waals surface area contributed by atoms with Crippen molar-refractivity contribution < 1.29 is 0 Å². The van der Waals surface area contributed by atoms with Gasteiger partial charge in [-0.25, -0.2) is 0 Å². The fraction of sp³-hybridized carbons (Fsp3) is 0.0345. The Bertz CT molecular complexity index is 1250. The fourth-order valence-corrected chi connectivity index (χ4v) is 4.00. The molecule has 0 amide bonds. The first-order chi connectivity index (χ1) is 14.9. The third-order valence-electron chi connectivity index (χ3n) is 5.49.